The van der Waals surface area contributed by atoms with Gasteiger partial charge in [-0.05, 0) is 31.0 Å². The molecule has 0 saturated carbocycles. The lowest BCUT2D eigenvalue weighted by atomic mass is 10.0. The van der Waals surface area contributed by atoms with Crippen molar-refractivity contribution in [1.82, 2.24) is 9.78 Å². The first kappa shape index (κ1) is 15.3. The van der Waals surface area contributed by atoms with Crippen LogP contribution in [-0.4, -0.2) is 29.0 Å². The molecular weight excluding hydrogens is 268 g/mol. The van der Waals surface area contributed by atoms with E-state index >= 15 is 0 Å². The largest absolute Gasteiger partial charge is 0.464 e. The maximum absolute atomic E-state index is 11.8. The first-order valence-corrected chi connectivity index (χ1v) is 6.84. The summed E-state index contributed by atoms with van der Waals surface area (Å²) in [6, 6.07) is 7.90. The molecule has 5 heteroatoms. The van der Waals surface area contributed by atoms with Crippen molar-refractivity contribution < 1.29 is 14.3 Å². The normalized spacial score (nSPS) is 10.9. The number of benzene rings is 1. The molecule has 1 heterocycles. The van der Waals surface area contributed by atoms with E-state index in [0.29, 0.717) is 12.3 Å². The van der Waals surface area contributed by atoms with Gasteiger partial charge in [0.2, 0.25) is 0 Å². The molecule has 0 atom stereocenters. The Labute approximate surface area is 124 Å². The second-order valence-corrected chi connectivity index (χ2v) is 5.12. The fourth-order valence-electron chi connectivity index (χ4n) is 2.04. The Hall–Kier alpha value is -2.14. The number of hydrogen-bond acceptors (Lipinski definition) is 4. The molecular formula is C16H20N2O3. The van der Waals surface area contributed by atoms with E-state index < -0.39 is 5.97 Å². The van der Waals surface area contributed by atoms with Crippen molar-refractivity contribution in [1.29, 1.82) is 0 Å². The van der Waals surface area contributed by atoms with E-state index in [2.05, 4.69) is 5.10 Å². The monoisotopic (exact) mass is 288 g/mol. The van der Waals surface area contributed by atoms with Crippen molar-refractivity contribution in [3.05, 3.63) is 41.7 Å². The molecule has 2 rings (SSSR count). The first-order chi connectivity index (χ1) is 10.0. The molecule has 0 aliphatic rings. The number of methoxy groups -OCH3 is 1. The molecule has 0 radical (unpaired) electrons. The zero-order valence-corrected chi connectivity index (χ0v) is 12.8. The number of hydrogen-bond donors (Lipinski definition) is 0. The van der Waals surface area contributed by atoms with Crippen molar-refractivity contribution in [3.63, 3.8) is 0 Å². The summed E-state index contributed by atoms with van der Waals surface area (Å²) in [5, 5.41) is 4.17. The summed E-state index contributed by atoms with van der Waals surface area (Å²) in [6.45, 7) is 4.54. The van der Waals surface area contributed by atoms with E-state index in [9.17, 15) is 4.79 Å². The third-order valence-corrected chi connectivity index (χ3v) is 3.03. The van der Waals surface area contributed by atoms with Gasteiger partial charge in [-0.15, -0.1) is 0 Å². The molecule has 0 bridgehead atoms. The van der Waals surface area contributed by atoms with Gasteiger partial charge in [-0.3, -0.25) is 4.68 Å². The predicted octanol–water partition coefficient (Wildman–Crippen LogP) is 2.80. The Morgan fingerprint density at radius 3 is 2.81 bits per heavy atom. The third kappa shape index (κ3) is 3.70. The summed E-state index contributed by atoms with van der Waals surface area (Å²) in [5.41, 5.74) is 3.06. The lowest BCUT2D eigenvalue weighted by Crippen LogP contribution is -2.05. The summed E-state index contributed by atoms with van der Waals surface area (Å²) >= 11 is 0. The van der Waals surface area contributed by atoms with Crippen LogP contribution in [0.3, 0.4) is 0 Å². The number of rotatable bonds is 5. The number of aryl methyl sites for hydroxylation is 1. The van der Waals surface area contributed by atoms with E-state index in [1.165, 1.54) is 7.11 Å². The molecule has 0 aliphatic heterocycles. The van der Waals surface area contributed by atoms with Gasteiger partial charge >= 0.3 is 5.97 Å². The van der Waals surface area contributed by atoms with Crippen LogP contribution >= 0.6 is 0 Å². The average Bonchev–Trinajstić information content (AvgIpc) is 2.86. The molecule has 1 aromatic heterocycles. The maximum Gasteiger partial charge on any atom is 0.359 e. The van der Waals surface area contributed by atoms with Crippen LogP contribution in [0.25, 0.3) is 11.1 Å². The van der Waals surface area contributed by atoms with Crippen molar-refractivity contribution >= 4 is 5.97 Å². The summed E-state index contributed by atoms with van der Waals surface area (Å²) in [6.07, 6.45) is 1.99. The van der Waals surface area contributed by atoms with Gasteiger partial charge in [0, 0.05) is 18.8 Å². The van der Waals surface area contributed by atoms with Crippen molar-refractivity contribution in [2.45, 2.75) is 26.6 Å². The van der Waals surface area contributed by atoms with Crippen LogP contribution in [0.5, 0.6) is 0 Å². The maximum atomic E-state index is 11.8. The standard InChI is InChI=1S/C16H20N2O3/c1-11(2)21-10-12-6-5-7-13(8-12)14-9-18(3)17-15(14)16(19)20-4/h5-9,11H,10H2,1-4H3. The van der Waals surface area contributed by atoms with E-state index in [4.69, 9.17) is 9.47 Å². The molecule has 0 fully saturated rings. The number of aromatic nitrogens is 2. The Morgan fingerprint density at radius 2 is 2.14 bits per heavy atom. The fourth-order valence-corrected chi connectivity index (χ4v) is 2.04. The highest BCUT2D eigenvalue weighted by Crippen LogP contribution is 2.24. The molecule has 0 spiro atoms. The summed E-state index contributed by atoms with van der Waals surface area (Å²) in [7, 11) is 3.13. The van der Waals surface area contributed by atoms with Crippen molar-refractivity contribution in [2.75, 3.05) is 7.11 Å². The molecule has 0 unspecified atom stereocenters. The number of carbonyl (C=O) groups is 1. The lowest BCUT2D eigenvalue weighted by Gasteiger charge is -2.09. The summed E-state index contributed by atoms with van der Waals surface area (Å²) in [5.74, 6) is -0.436. The Balaban J connectivity index is 2.34. The second kappa shape index (κ2) is 6.54. The quantitative estimate of drug-likeness (QED) is 0.794. The van der Waals surface area contributed by atoms with Gasteiger partial charge in [0.15, 0.2) is 5.69 Å². The highest BCUT2D eigenvalue weighted by atomic mass is 16.5. The summed E-state index contributed by atoms with van der Waals surface area (Å²) < 4.78 is 12.0. The average molecular weight is 288 g/mol. The topological polar surface area (TPSA) is 53.3 Å². The van der Waals surface area contributed by atoms with E-state index in [1.807, 2.05) is 44.3 Å². The predicted molar refractivity (Wildman–Crippen MR) is 79.9 cm³/mol. The van der Waals surface area contributed by atoms with Crippen LogP contribution in [0.15, 0.2) is 30.5 Å². The fraction of sp³-hybridized carbons (Fsp3) is 0.375. The van der Waals surface area contributed by atoms with Crippen LogP contribution in [-0.2, 0) is 23.1 Å². The zero-order valence-electron chi connectivity index (χ0n) is 12.8. The first-order valence-electron chi connectivity index (χ1n) is 6.84. The molecule has 0 aliphatic carbocycles. The minimum absolute atomic E-state index is 0.178. The van der Waals surface area contributed by atoms with Gasteiger partial charge in [0.1, 0.15) is 0 Å². The van der Waals surface area contributed by atoms with E-state index in [-0.39, 0.29) is 6.10 Å². The van der Waals surface area contributed by atoms with Crippen LogP contribution in [0, 0.1) is 0 Å². The Morgan fingerprint density at radius 1 is 1.38 bits per heavy atom. The highest BCUT2D eigenvalue weighted by Gasteiger charge is 2.18. The molecule has 2 aromatic rings. The number of carbonyl (C=O) groups excluding carboxylic acids is 1. The van der Waals surface area contributed by atoms with Crippen molar-refractivity contribution in [3.8, 4) is 11.1 Å². The van der Waals surface area contributed by atoms with Gasteiger partial charge in [-0.25, -0.2) is 4.79 Å². The van der Waals surface area contributed by atoms with Crippen LogP contribution in [0.4, 0.5) is 0 Å². The van der Waals surface area contributed by atoms with Gasteiger partial charge in [0.05, 0.1) is 19.8 Å². The smallest absolute Gasteiger partial charge is 0.359 e. The van der Waals surface area contributed by atoms with Gasteiger partial charge in [0.25, 0.3) is 0 Å². The molecule has 0 saturated heterocycles. The molecule has 0 amide bonds. The third-order valence-electron chi connectivity index (χ3n) is 3.03. The SMILES string of the molecule is COC(=O)c1nn(C)cc1-c1cccc(COC(C)C)c1. The Kier molecular flexibility index (Phi) is 4.75. The highest BCUT2D eigenvalue weighted by molar-refractivity contribution is 5.95. The number of nitrogens with zero attached hydrogens (tertiary/aromatic N) is 2. The molecule has 21 heavy (non-hydrogen) atoms. The summed E-state index contributed by atoms with van der Waals surface area (Å²) in [4.78, 5) is 11.8. The van der Waals surface area contributed by atoms with Crippen LogP contribution in [0.2, 0.25) is 0 Å². The minimum atomic E-state index is -0.436. The molecule has 112 valence electrons. The lowest BCUT2D eigenvalue weighted by molar-refractivity contribution is 0.0594. The molecule has 1 aromatic carbocycles. The molecule has 5 nitrogen and oxygen atoms in total. The van der Waals surface area contributed by atoms with Gasteiger partial charge in [-0.2, -0.15) is 5.10 Å². The van der Waals surface area contributed by atoms with Gasteiger partial charge in [-0.1, -0.05) is 18.2 Å². The number of ether oxygens (including phenoxy) is 2. The van der Waals surface area contributed by atoms with Gasteiger partial charge < -0.3 is 9.47 Å². The van der Waals surface area contributed by atoms with E-state index in [1.54, 1.807) is 11.7 Å². The van der Waals surface area contributed by atoms with Crippen molar-refractivity contribution in [2.24, 2.45) is 7.05 Å². The van der Waals surface area contributed by atoms with E-state index in [0.717, 1.165) is 16.7 Å². The van der Waals surface area contributed by atoms with Crippen LogP contribution < -0.4 is 0 Å². The number of esters is 1. The molecule has 0 N–H and O–H groups in total. The second-order valence-electron chi connectivity index (χ2n) is 5.12. The minimum Gasteiger partial charge on any atom is -0.464 e. The zero-order chi connectivity index (χ0) is 15.4. The van der Waals surface area contributed by atoms with Crippen LogP contribution in [0.1, 0.15) is 29.9 Å². The Bertz CT molecular complexity index is 632.